The monoisotopic (exact) mass is 242 g/mol. The first-order valence-electron chi connectivity index (χ1n) is 5.55. The summed E-state index contributed by atoms with van der Waals surface area (Å²) in [5.74, 6) is 1.42. The zero-order valence-corrected chi connectivity index (χ0v) is 10.6. The predicted octanol–water partition coefficient (Wildman–Crippen LogP) is 2.59. The lowest BCUT2D eigenvalue weighted by Crippen LogP contribution is -2.25. The fraction of sp³-hybridized carbons (Fsp3) is 0.583. The van der Waals surface area contributed by atoms with Gasteiger partial charge >= 0.3 is 0 Å². The van der Waals surface area contributed by atoms with E-state index in [-0.39, 0.29) is 0 Å². The summed E-state index contributed by atoms with van der Waals surface area (Å²) in [6, 6.07) is 4.40. The van der Waals surface area contributed by atoms with Crippen molar-refractivity contribution in [3.8, 4) is 5.88 Å². The molecule has 0 aliphatic heterocycles. The van der Waals surface area contributed by atoms with Crippen LogP contribution in [0.2, 0.25) is 0 Å². The molecule has 1 unspecified atom stereocenters. The summed E-state index contributed by atoms with van der Waals surface area (Å²) in [5.41, 5.74) is 1.09. The number of hydrogen-bond donors (Lipinski definition) is 1. The minimum atomic E-state index is 0.462. The number of halogens is 1. The van der Waals surface area contributed by atoms with Gasteiger partial charge in [-0.1, -0.05) is 6.07 Å². The summed E-state index contributed by atoms with van der Waals surface area (Å²) in [5, 5.41) is 3.43. The van der Waals surface area contributed by atoms with E-state index in [1.165, 1.54) is 0 Å². The second-order valence-electron chi connectivity index (χ2n) is 3.78. The Morgan fingerprint density at radius 3 is 3.06 bits per heavy atom. The molecule has 0 bridgehead atoms. The van der Waals surface area contributed by atoms with Crippen LogP contribution in [0.4, 0.5) is 0 Å². The van der Waals surface area contributed by atoms with Gasteiger partial charge in [0.15, 0.2) is 0 Å². The van der Waals surface area contributed by atoms with Gasteiger partial charge < -0.3 is 10.1 Å². The Morgan fingerprint density at radius 1 is 1.56 bits per heavy atom. The van der Waals surface area contributed by atoms with Crippen molar-refractivity contribution in [2.75, 3.05) is 13.0 Å². The van der Waals surface area contributed by atoms with Crippen molar-refractivity contribution in [2.45, 2.75) is 32.4 Å². The molecule has 4 heteroatoms. The Morgan fingerprint density at radius 2 is 2.38 bits per heavy atom. The fourth-order valence-electron chi connectivity index (χ4n) is 1.51. The molecule has 16 heavy (non-hydrogen) atoms. The molecule has 1 heterocycles. The van der Waals surface area contributed by atoms with Gasteiger partial charge in [0, 0.05) is 30.2 Å². The van der Waals surface area contributed by atoms with Crippen molar-refractivity contribution in [1.29, 1.82) is 0 Å². The van der Waals surface area contributed by atoms with E-state index in [1.807, 2.05) is 12.1 Å². The van der Waals surface area contributed by atoms with Gasteiger partial charge in [0.2, 0.25) is 5.88 Å². The Bertz CT molecular complexity index is 307. The zero-order chi connectivity index (χ0) is 11.8. The number of pyridine rings is 1. The van der Waals surface area contributed by atoms with Crippen molar-refractivity contribution in [3.05, 3.63) is 23.9 Å². The second kappa shape index (κ2) is 7.47. The van der Waals surface area contributed by atoms with Crippen LogP contribution in [0.1, 0.15) is 25.3 Å². The van der Waals surface area contributed by atoms with E-state index < -0.39 is 0 Å². The Labute approximate surface area is 102 Å². The van der Waals surface area contributed by atoms with Crippen LogP contribution < -0.4 is 10.1 Å². The highest BCUT2D eigenvalue weighted by molar-refractivity contribution is 6.17. The number of alkyl halides is 1. The first-order chi connectivity index (χ1) is 7.77. The van der Waals surface area contributed by atoms with Crippen molar-refractivity contribution < 1.29 is 4.74 Å². The van der Waals surface area contributed by atoms with Crippen LogP contribution in [0.5, 0.6) is 5.88 Å². The third-order valence-corrected chi connectivity index (χ3v) is 2.72. The molecule has 1 aromatic heterocycles. The Kier molecular flexibility index (Phi) is 6.19. The lowest BCUT2D eigenvalue weighted by Gasteiger charge is -2.14. The number of rotatable bonds is 7. The van der Waals surface area contributed by atoms with Gasteiger partial charge in [-0.05, 0) is 25.8 Å². The van der Waals surface area contributed by atoms with Crippen LogP contribution in [0.3, 0.4) is 0 Å². The summed E-state index contributed by atoms with van der Waals surface area (Å²) in [6.45, 7) is 2.94. The third kappa shape index (κ3) is 4.37. The molecule has 0 saturated carbocycles. The molecule has 1 aromatic rings. The van der Waals surface area contributed by atoms with E-state index in [0.717, 1.165) is 30.8 Å². The minimum absolute atomic E-state index is 0.462. The average Bonchev–Trinajstić information content (AvgIpc) is 2.34. The lowest BCUT2D eigenvalue weighted by molar-refractivity contribution is 0.388. The number of ether oxygens (including phenoxy) is 1. The smallest absolute Gasteiger partial charge is 0.217 e. The number of methoxy groups -OCH3 is 1. The predicted molar refractivity (Wildman–Crippen MR) is 67.0 cm³/mol. The van der Waals surface area contributed by atoms with Gasteiger partial charge in [0.05, 0.1) is 7.11 Å². The minimum Gasteiger partial charge on any atom is -0.481 e. The standard InChI is InChI=1S/C12H19ClN2O/c1-10(5-3-7-13)15-9-11-6-4-8-14-12(11)16-2/h4,6,8,10,15H,3,5,7,9H2,1-2H3. The second-order valence-corrected chi connectivity index (χ2v) is 4.16. The van der Waals surface area contributed by atoms with Crippen molar-refractivity contribution >= 4 is 11.6 Å². The zero-order valence-electron chi connectivity index (χ0n) is 9.87. The first-order valence-corrected chi connectivity index (χ1v) is 6.08. The quantitative estimate of drug-likeness (QED) is 0.747. The summed E-state index contributed by atoms with van der Waals surface area (Å²) < 4.78 is 5.19. The summed E-state index contributed by atoms with van der Waals surface area (Å²) in [7, 11) is 1.64. The number of nitrogens with zero attached hydrogens (tertiary/aromatic N) is 1. The highest BCUT2D eigenvalue weighted by Crippen LogP contribution is 2.13. The molecule has 0 aliphatic rings. The molecule has 0 radical (unpaired) electrons. The molecule has 0 aromatic carbocycles. The van der Waals surface area contributed by atoms with Crippen LogP contribution >= 0.6 is 11.6 Å². The fourth-order valence-corrected chi connectivity index (χ4v) is 1.67. The number of hydrogen-bond acceptors (Lipinski definition) is 3. The maximum absolute atomic E-state index is 5.65. The van der Waals surface area contributed by atoms with Crippen molar-refractivity contribution in [1.82, 2.24) is 10.3 Å². The van der Waals surface area contributed by atoms with Crippen LogP contribution in [-0.4, -0.2) is 24.0 Å². The topological polar surface area (TPSA) is 34.1 Å². The van der Waals surface area contributed by atoms with E-state index in [4.69, 9.17) is 16.3 Å². The van der Waals surface area contributed by atoms with Crippen molar-refractivity contribution in [2.24, 2.45) is 0 Å². The van der Waals surface area contributed by atoms with Crippen LogP contribution in [0.15, 0.2) is 18.3 Å². The molecule has 90 valence electrons. The largest absolute Gasteiger partial charge is 0.481 e. The molecular formula is C12H19ClN2O. The summed E-state index contributed by atoms with van der Waals surface area (Å²) >= 11 is 5.65. The Hall–Kier alpha value is -0.800. The third-order valence-electron chi connectivity index (χ3n) is 2.46. The Balaban J connectivity index is 2.41. The SMILES string of the molecule is COc1ncccc1CNC(C)CCCCl. The van der Waals surface area contributed by atoms with E-state index in [9.17, 15) is 0 Å². The first kappa shape index (κ1) is 13.3. The van der Waals surface area contributed by atoms with Gasteiger partial charge in [-0.25, -0.2) is 4.98 Å². The van der Waals surface area contributed by atoms with Crippen LogP contribution in [0, 0.1) is 0 Å². The van der Waals surface area contributed by atoms with Crippen LogP contribution in [-0.2, 0) is 6.54 Å². The van der Waals surface area contributed by atoms with E-state index in [2.05, 4.69) is 17.2 Å². The highest BCUT2D eigenvalue weighted by Gasteiger charge is 2.05. The van der Waals surface area contributed by atoms with E-state index in [1.54, 1.807) is 13.3 Å². The molecule has 1 N–H and O–H groups in total. The lowest BCUT2D eigenvalue weighted by atomic mass is 10.2. The molecular weight excluding hydrogens is 224 g/mol. The molecule has 0 aliphatic carbocycles. The van der Waals surface area contributed by atoms with Crippen molar-refractivity contribution in [3.63, 3.8) is 0 Å². The van der Waals surface area contributed by atoms with Gasteiger partial charge in [0.1, 0.15) is 0 Å². The van der Waals surface area contributed by atoms with E-state index >= 15 is 0 Å². The molecule has 0 fully saturated rings. The maximum Gasteiger partial charge on any atom is 0.217 e. The normalized spacial score (nSPS) is 12.4. The average molecular weight is 243 g/mol. The molecule has 0 amide bonds. The van der Waals surface area contributed by atoms with E-state index in [0.29, 0.717) is 11.9 Å². The molecule has 0 saturated heterocycles. The van der Waals surface area contributed by atoms with Gasteiger partial charge in [0.25, 0.3) is 0 Å². The molecule has 0 spiro atoms. The highest BCUT2D eigenvalue weighted by atomic mass is 35.5. The number of aromatic nitrogens is 1. The summed E-state index contributed by atoms with van der Waals surface area (Å²) in [6.07, 6.45) is 3.87. The number of nitrogens with one attached hydrogen (secondary N) is 1. The molecule has 3 nitrogen and oxygen atoms in total. The van der Waals surface area contributed by atoms with Gasteiger partial charge in [-0.15, -0.1) is 11.6 Å². The summed E-state index contributed by atoms with van der Waals surface area (Å²) in [4.78, 5) is 4.15. The molecule has 1 atom stereocenters. The van der Waals surface area contributed by atoms with Gasteiger partial charge in [-0.2, -0.15) is 0 Å². The van der Waals surface area contributed by atoms with Gasteiger partial charge in [-0.3, -0.25) is 0 Å². The van der Waals surface area contributed by atoms with Crippen LogP contribution in [0.25, 0.3) is 0 Å². The maximum atomic E-state index is 5.65. The molecule has 1 rings (SSSR count).